The average molecular weight is 391 g/mol. The second-order valence-electron chi connectivity index (χ2n) is 7.36. The van der Waals surface area contributed by atoms with Gasteiger partial charge in [-0.1, -0.05) is 48.0 Å². The molecular weight excluding hydrogens is 368 g/mol. The number of fused-ring (bicyclic) bond motifs is 1. The summed E-state index contributed by atoms with van der Waals surface area (Å²) in [6, 6.07) is 16.3. The highest BCUT2D eigenvalue weighted by Crippen LogP contribution is 2.35. The van der Waals surface area contributed by atoms with Gasteiger partial charge in [0.15, 0.2) is 0 Å². The van der Waals surface area contributed by atoms with Gasteiger partial charge in [0.05, 0.1) is 11.4 Å². The minimum atomic E-state index is -0.225. The molecule has 2 amide bonds. The molecule has 0 radical (unpaired) electrons. The summed E-state index contributed by atoms with van der Waals surface area (Å²) in [7, 11) is 0. The van der Waals surface area contributed by atoms with Crippen LogP contribution in [0.3, 0.4) is 0 Å². The number of imide groups is 1. The fourth-order valence-corrected chi connectivity index (χ4v) is 4.26. The van der Waals surface area contributed by atoms with Gasteiger partial charge in [-0.05, 0) is 50.2 Å². The molecule has 3 aromatic rings. The van der Waals surface area contributed by atoms with E-state index in [9.17, 15) is 9.59 Å². The summed E-state index contributed by atoms with van der Waals surface area (Å²) < 4.78 is 2.19. The first-order valence-electron chi connectivity index (χ1n) is 9.34. The van der Waals surface area contributed by atoms with Crippen molar-refractivity contribution in [2.45, 2.75) is 33.4 Å². The van der Waals surface area contributed by atoms with Gasteiger partial charge >= 0.3 is 0 Å². The lowest BCUT2D eigenvalue weighted by molar-refractivity contribution is -0.123. The van der Waals surface area contributed by atoms with Gasteiger partial charge in [-0.2, -0.15) is 0 Å². The van der Waals surface area contributed by atoms with Gasteiger partial charge in [-0.3, -0.25) is 14.5 Å². The lowest BCUT2D eigenvalue weighted by Gasteiger charge is -2.12. The molecule has 0 atom stereocenters. The van der Waals surface area contributed by atoms with Crippen LogP contribution >= 0.6 is 11.8 Å². The number of para-hydroxylation sites is 1. The molecule has 4 rings (SSSR count). The van der Waals surface area contributed by atoms with E-state index in [0.29, 0.717) is 17.5 Å². The molecule has 0 saturated carbocycles. The van der Waals surface area contributed by atoms with Crippen LogP contribution in [-0.2, 0) is 11.3 Å². The van der Waals surface area contributed by atoms with Crippen molar-refractivity contribution in [1.29, 1.82) is 0 Å². The molecule has 5 heteroatoms. The lowest BCUT2D eigenvalue weighted by Crippen LogP contribution is -2.27. The van der Waals surface area contributed by atoms with Crippen LogP contribution in [0.4, 0.5) is 4.79 Å². The van der Waals surface area contributed by atoms with Crippen LogP contribution in [0.5, 0.6) is 0 Å². The number of amides is 2. The lowest BCUT2D eigenvalue weighted by atomic mass is 10.1. The third-order valence-electron chi connectivity index (χ3n) is 4.95. The predicted molar refractivity (Wildman–Crippen MR) is 115 cm³/mol. The van der Waals surface area contributed by atoms with Crippen LogP contribution in [0.15, 0.2) is 59.6 Å². The van der Waals surface area contributed by atoms with Gasteiger partial charge < -0.3 is 4.57 Å². The SMILES string of the molecule is Cc1ccc(CN2C(=O)S/C(=C\c3cn(C(C)C)c4ccccc34)C2=O)cc1. The number of thioether (sulfide) groups is 1. The number of rotatable bonds is 4. The van der Waals surface area contributed by atoms with Gasteiger partial charge in [0.25, 0.3) is 11.1 Å². The zero-order chi connectivity index (χ0) is 19.8. The maximum atomic E-state index is 12.9. The Kier molecular flexibility index (Phi) is 4.85. The van der Waals surface area contributed by atoms with E-state index in [4.69, 9.17) is 0 Å². The van der Waals surface area contributed by atoms with Crippen molar-refractivity contribution in [1.82, 2.24) is 9.47 Å². The first-order chi connectivity index (χ1) is 13.4. The molecule has 0 spiro atoms. The Morgan fingerprint density at radius 2 is 1.75 bits per heavy atom. The standard InChI is InChI=1S/C23H22N2O2S/c1-15(2)24-14-18(19-6-4-5-7-20(19)24)12-21-22(26)25(23(27)28-21)13-17-10-8-16(3)9-11-17/h4-12,14-15H,13H2,1-3H3/b21-12-. The average Bonchev–Trinajstić information content (AvgIpc) is 3.17. The van der Waals surface area contributed by atoms with Crippen LogP contribution in [0, 0.1) is 6.92 Å². The van der Waals surface area contributed by atoms with Crippen molar-refractivity contribution < 1.29 is 9.59 Å². The van der Waals surface area contributed by atoms with Gasteiger partial charge in [-0.25, -0.2) is 0 Å². The van der Waals surface area contributed by atoms with E-state index in [2.05, 4.69) is 36.7 Å². The van der Waals surface area contributed by atoms with Crippen molar-refractivity contribution in [3.8, 4) is 0 Å². The molecule has 0 bridgehead atoms. The summed E-state index contributed by atoms with van der Waals surface area (Å²) in [5, 5.41) is 0.867. The number of carbonyl (C=O) groups excluding carboxylic acids is 2. The monoisotopic (exact) mass is 390 g/mol. The molecule has 0 N–H and O–H groups in total. The molecule has 4 nitrogen and oxygen atoms in total. The summed E-state index contributed by atoms with van der Waals surface area (Å²) >= 11 is 1.01. The fraction of sp³-hybridized carbons (Fsp3) is 0.217. The molecule has 142 valence electrons. The van der Waals surface area contributed by atoms with Gasteiger partial charge in [-0.15, -0.1) is 0 Å². The van der Waals surface area contributed by atoms with Crippen molar-refractivity contribution in [3.05, 3.63) is 76.3 Å². The topological polar surface area (TPSA) is 42.3 Å². The molecule has 1 aromatic heterocycles. The quantitative estimate of drug-likeness (QED) is 0.531. The number of aryl methyl sites for hydroxylation is 1. The van der Waals surface area contributed by atoms with Crippen molar-refractivity contribution in [2.24, 2.45) is 0 Å². The number of aromatic nitrogens is 1. The predicted octanol–water partition coefficient (Wildman–Crippen LogP) is 5.77. The minimum absolute atomic E-state index is 0.218. The van der Waals surface area contributed by atoms with E-state index < -0.39 is 0 Å². The Labute approximate surface area is 168 Å². The Morgan fingerprint density at radius 3 is 2.46 bits per heavy atom. The third kappa shape index (κ3) is 3.38. The Balaban J connectivity index is 1.66. The largest absolute Gasteiger partial charge is 0.344 e. The molecule has 28 heavy (non-hydrogen) atoms. The number of benzene rings is 2. The molecule has 1 aliphatic rings. The smallest absolute Gasteiger partial charge is 0.293 e. The van der Waals surface area contributed by atoms with Crippen LogP contribution in [0.2, 0.25) is 0 Å². The van der Waals surface area contributed by atoms with E-state index in [0.717, 1.165) is 39.4 Å². The zero-order valence-electron chi connectivity index (χ0n) is 16.2. The second kappa shape index (κ2) is 7.32. The number of hydrogen-bond donors (Lipinski definition) is 0. The highest BCUT2D eigenvalue weighted by molar-refractivity contribution is 8.18. The minimum Gasteiger partial charge on any atom is -0.344 e. The first-order valence-corrected chi connectivity index (χ1v) is 10.2. The highest BCUT2D eigenvalue weighted by Gasteiger charge is 2.35. The number of hydrogen-bond acceptors (Lipinski definition) is 3. The van der Waals surface area contributed by atoms with Gasteiger partial charge in [0.1, 0.15) is 0 Å². The number of carbonyl (C=O) groups is 2. The summed E-state index contributed by atoms with van der Waals surface area (Å²) in [5.41, 5.74) is 4.19. The van der Waals surface area contributed by atoms with E-state index >= 15 is 0 Å². The second-order valence-corrected chi connectivity index (χ2v) is 8.35. The third-order valence-corrected chi connectivity index (χ3v) is 5.86. The maximum absolute atomic E-state index is 12.9. The van der Waals surface area contributed by atoms with Crippen LogP contribution in [-0.4, -0.2) is 20.6 Å². The molecule has 2 heterocycles. The van der Waals surface area contributed by atoms with E-state index in [-0.39, 0.29) is 11.1 Å². The van der Waals surface area contributed by atoms with E-state index in [1.54, 1.807) is 0 Å². The molecule has 0 aliphatic carbocycles. The zero-order valence-corrected chi connectivity index (χ0v) is 17.0. The van der Waals surface area contributed by atoms with Crippen LogP contribution in [0.1, 0.15) is 36.6 Å². The molecule has 1 saturated heterocycles. The molecule has 1 fully saturated rings. The number of nitrogens with zero attached hydrogens (tertiary/aromatic N) is 2. The van der Waals surface area contributed by atoms with E-state index in [1.165, 1.54) is 4.90 Å². The summed E-state index contributed by atoms with van der Waals surface area (Å²) in [5.74, 6) is -0.225. The Bertz CT molecular complexity index is 1090. The van der Waals surface area contributed by atoms with Gasteiger partial charge in [0.2, 0.25) is 0 Å². The Hall–Kier alpha value is -2.79. The summed E-state index contributed by atoms with van der Waals surface area (Å²) in [4.78, 5) is 27.1. The maximum Gasteiger partial charge on any atom is 0.293 e. The fourth-order valence-electron chi connectivity index (χ4n) is 3.43. The molecule has 2 aromatic carbocycles. The van der Waals surface area contributed by atoms with Crippen LogP contribution < -0.4 is 0 Å². The molecule has 0 unspecified atom stereocenters. The van der Waals surface area contributed by atoms with Crippen LogP contribution in [0.25, 0.3) is 17.0 Å². The van der Waals surface area contributed by atoms with Crippen molar-refractivity contribution in [3.63, 3.8) is 0 Å². The van der Waals surface area contributed by atoms with Crippen molar-refractivity contribution in [2.75, 3.05) is 0 Å². The first kappa shape index (κ1) is 18.6. The normalized spacial score (nSPS) is 16.1. The highest BCUT2D eigenvalue weighted by atomic mass is 32.2. The molecular formula is C23H22N2O2S. The van der Waals surface area contributed by atoms with Crippen molar-refractivity contribution >= 4 is 39.9 Å². The van der Waals surface area contributed by atoms with Gasteiger partial charge in [0, 0.05) is 28.7 Å². The van der Waals surface area contributed by atoms with E-state index in [1.807, 2.05) is 49.4 Å². The summed E-state index contributed by atoms with van der Waals surface area (Å²) in [6.45, 7) is 6.58. The summed E-state index contributed by atoms with van der Waals surface area (Å²) in [6.07, 6.45) is 3.91. The molecule has 1 aliphatic heterocycles. The Morgan fingerprint density at radius 1 is 1.04 bits per heavy atom.